The molecule has 0 atom stereocenters. The second-order valence-electron chi connectivity index (χ2n) is 6.95. The van der Waals surface area contributed by atoms with E-state index in [9.17, 15) is 10.1 Å². The van der Waals surface area contributed by atoms with Gasteiger partial charge < -0.3 is 0 Å². The zero-order valence-corrected chi connectivity index (χ0v) is 17.2. The Hall–Kier alpha value is -3.45. The first-order chi connectivity index (χ1) is 14.6. The molecule has 4 aromatic rings. The largest absolute Gasteiger partial charge is 0.274 e. The monoisotopic (exact) mass is 416 g/mol. The zero-order chi connectivity index (χ0) is 20.9. The summed E-state index contributed by atoms with van der Waals surface area (Å²) in [6.45, 7) is 2.06. The van der Waals surface area contributed by atoms with E-state index in [0.717, 1.165) is 33.4 Å². The molecule has 0 fully saturated rings. The van der Waals surface area contributed by atoms with E-state index in [0.29, 0.717) is 12.2 Å². The van der Waals surface area contributed by atoms with E-state index >= 15 is 0 Å². The fraction of sp³-hybridized carbons (Fsp3) is 0.130. The Kier molecular flexibility index (Phi) is 5.90. The van der Waals surface area contributed by atoms with Gasteiger partial charge in [0.2, 0.25) is 0 Å². The Morgan fingerprint density at radius 1 is 0.933 bits per heavy atom. The number of nitro groups is 1. The van der Waals surface area contributed by atoms with Crippen LogP contribution in [0.2, 0.25) is 0 Å². The van der Waals surface area contributed by atoms with Crippen molar-refractivity contribution in [3.63, 3.8) is 0 Å². The van der Waals surface area contributed by atoms with Crippen LogP contribution in [0.1, 0.15) is 22.5 Å². The van der Waals surface area contributed by atoms with Crippen molar-refractivity contribution in [1.82, 2.24) is 14.8 Å². The van der Waals surface area contributed by atoms with Crippen LogP contribution in [0.15, 0.2) is 84.0 Å². The van der Waals surface area contributed by atoms with Gasteiger partial charge in [-0.3, -0.25) is 14.7 Å². The third-order valence-corrected chi connectivity index (χ3v) is 5.65. The summed E-state index contributed by atoms with van der Waals surface area (Å²) in [5.41, 5.74) is 4.29. The van der Waals surface area contributed by atoms with E-state index < -0.39 is 0 Å². The Balaban J connectivity index is 1.65. The van der Waals surface area contributed by atoms with E-state index in [1.807, 2.05) is 36.4 Å². The number of aryl methyl sites for hydroxylation is 1. The number of hydrogen-bond acceptors (Lipinski definition) is 5. The van der Waals surface area contributed by atoms with E-state index in [4.69, 9.17) is 0 Å². The van der Waals surface area contributed by atoms with Crippen LogP contribution in [-0.2, 0) is 12.2 Å². The summed E-state index contributed by atoms with van der Waals surface area (Å²) in [7, 11) is 0. The van der Waals surface area contributed by atoms with Crippen molar-refractivity contribution in [3.05, 3.63) is 111 Å². The maximum absolute atomic E-state index is 11.0. The first kappa shape index (κ1) is 19.8. The predicted octanol–water partition coefficient (Wildman–Crippen LogP) is 5.37. The van der Waals surface area contributed by atoms with Crippen LogP contribution in [-0.4, -0.2) is 19.7 Å². The first-order valence-corrected chi connectivity index (χ1v) is 10.5. The molecule has 0 bridgehead atoms. The fourth-order valence-electron chi connectivity index (χ4n) is 3.22. The van der Waals surface area contributed by atoms with Crippen LogP contribution in [0.3, 0.4) is 0 Å². The number of rotatable bonds is 7. The lowest BCUT2D eigenvalue weighted by Gasteiger charge is -2.11. The molecule has 0 radical (unpaired) electrons. The van der Waals surface area contributed by atoms with Gasteiger partial charge in [0.05, 0.1) is 4.92 Å². The van der Waals surface area contributed by atoms with Gasteiger partial charge in [0.25, 0.3) is 5.69 Å². The van der Waals surface area contributed by atoms with Gasteiger partial charge in [-0.1, -0.05) is 66.4 Å². The van der Waals surface area contributed by atoms with Gasteiger partial charge in [-0.25, -0.2) is 0 Å². The summed E-state index contributed by atoms with van der Waals surface area (Å²) in [6, 6.07) is 25.1. The number of hydrogen-bond donors (Lipinski definition) is 0. The maximum atomic E-state index is 11.0. The van der Waals surface area contributed by atoms with Crippen molar-refractivity contribution >= 4 is 17.4 Å². The molecule has 0 spiro atoms. The number of aromatic nitrogens is 3. The Morgan fingerprint density at radius 3 is 2.47 bits per heavy atom. The van der Waals surface area contributed by atoms with Crippen molar-refractivity contribution in [2.75, 3.05) is 0 Å². The molecule has 0 amide bonds. The minimum absolute atomic E-state index is 0.0954. The van der Waals surface area contributed by atoms with E-state index in [1.54, 1.807) is 12.1 Å². The third kappa shape index (κ3) is 4.58. The highest BCUT2D eigenvalue weighted by atomic mass is 32.2. The maximum Gasteiger partial charge on any atom is 0.269 e. The molecule has 7 heteroatoms. The van der Waals surface area contributed by atoms with Crippen LogP contribution < -0.4 is 0 Å². The Bertz CT molecular complexity index is 1170. The Morgan fingerprint density at radius 2 is 1.70 bits per heavy atom. The van der Waals surface area contributed by atoms with Crippen molar-refractivity contribution in [1.29, 1.82) is 0 Å². The molecule has 0 aliphatic rings. The summed E-state index contributed by atoms with van der Waals surface area (Å²) in [4.78, 5) is 10.7. The second-order valence-corrected chi connectivity index (χ2v) is 7.89. The molecule has 1 heterocycles. The lowest BCUT2D eigenvalue weighted by atomic mass is 10.1. The average Bonchev–Trinajstić information content (AvgIpc) is 3.15. The van der Waals surface area contributed by atoms with Gasteiger partial charge in [-0.2, -0.15) is 0 Å². The van der Waals surface area contributed by atoms with Gasteiger partial charge in [-0.05, 0) is 35.7 Å². The third-order valence-electron chi connectivity index (χ3n) is 4.65. The SMILES string of the molecule is Cc1cccc(-n2c(Cc3ccccc3)nnc2SCc2cccc([N+](=O)[O-])c2)c1. The molecule has 0 N–H and O–H groups in total. The number of non-ortho nitro benzene ring substituents is 1. The molecule has 6 nitrogen and oxygen atoms in total. The summed E-state index contributed by atoms with van der Waals surface area (Å²) >= 11 is 1.52. The van der Waals surface area contributed by atoms with E-state index in [-0.39, 0.29) is 10.6 Å². The summed E-state index contributed by atoms with van der Waals surface area (Å²) < 4.78 is 2.07. The molecule has 0 saturated heterocycles. The minimum Gasteiger partial charge on any atom is -0.274 e. The highest BCUT2D eigenvalue weighted by Crippen LogP contribution is 2.27. The van der Waals surface area contributed by atoms with E-state index in [1.165, 1.54) is 17.8 Å². The quantitative estimate of drug-likeness (QED) is 0.230. The highest BCUT2D eigenvalue weighted by Gasteiger charge is 2.16. The molecule has 0 aliphatic heterocycles. The highest BCUT2D eigenvalue weighted by molar-refractivity contribution is 7.98. The molecule has 4 rings (SSSR count). The number of nitrogens with zero attached hydrogens (tertiary/aromatic N) is 4. The smallest absolute Gasteiger partial charge is 0.269 e. The topological polar surface area (TPSA) is 73.8 Å². The lowest BCUT2D eigenvalue weighted by Crippen LogP contribution is -2.04. The van der Waals surface area contributed by atoms with Crippen molar-refractivity contribution in [2.24, 2.45) is 0 Å². The molecule has 30 heavy (non-hydrogen) atoms. The van der Waals surface area contributed by atoms with Crippen LogP contribution in [0.25, 0.3) is 5.69 Å². The lowest BCUT2D eigenvalue weighted by molar-refractivity contribution is -0.384. The van der Waals surface area contributed by atoms with Crippen LogP contribution in [0.4, 0.5) is 5.69 Å². The molecular formula is C23H20N4O2S. The predicted molar refractivity (Wildman–Crippen MR) is 118 cm³/mol. The van der Waals surface area contributed by atoms with Gasteiger partial charge in [0.15, 0.2) is 5.16 Å². The molecule has 0 unspecified atom stereocenters. The second kappa shape index (κ2) is 8.92. The van der Waals surface area contributed by atoms with Crippen LogP contribution in [0.5, 0.6) is 0 Å². The molecule has 3 aromatic carbocycles. The number of benzene rings is 3. The zero-order valence-electron chi connectivity index (χ0n) is 16.4. The van der Waals surface area contributed by atoms with Crippen molar-refractivity contribution < 1.29 is 4.92 Å². The fourth-order valence-corrected chi connectivity index (χ4v) is 4.13. The van der Waals surface area contributed by atoms with Gasteiger partial charge in [0, 0.05) is 30.0 Å². The van der Waals surface area contributed by atoms with Gasteiger partial charge >= 0.3 is 0 Å². The van der Waals surface area contributed by atoms with Crippen LogP contribution >= 0.6 is 11.8 Å². The summed E-state index contributed by atoms with van der Waals surface area (Å²) in [6.07, 6.45) is 0.666. The molecule has 0 saturated carbocycles. The number of nitro benzene ring substituents is 1. The van der Waals surface area contributed by atoms with Gasteiger partial charge in [-0.15, -0.1) is 10.2 Å². The molecule has 0 aliphatic carbocycles. The number of thioether (sulfide) groups is 1. The standard InChI is InChI=1S/C23H20N4O2S/c1-17-7-5-11-20(13-17)26-22(15-18-8-3-2-4-9-18)24-25-23(26)30-16-19-10-6-12-21(14-19)27(28)29/h2-14H,15-16H2,1H3. The average molecular weight is 417 g/mol. The van der Waals surface area contributed by atoms with E-state index in [2.05, 4.69) is 46.0 Å². The Labute approximate surface area is 178 Å². The summed E-state index contributed by atoms with van der Waals surface area (Å²) in [5, 5.41) is 20.7. The summed E-state index contributed by atoms with van der Waals surface area (Å²) in [5.74, 6) is 1.42. The molecule has 1 aromatic heterocycles. The molecular weight excluding hydrogens is 396 g/mol. The van der Waals surface area contributed by atoms with Crippen molar-refractivity contribution in [3.8, 4) is 5.69 Å². The molecule has 150 valence electrons. The minimum atomic E-state index is -0.374. The van der Waals surface area contributed by atoms with Crippen LogP contribution in [0, 0.1) is 17.0 Å². The normalized spacial score (nSPS) is 10.8. The van der Waals surface area contributed by atoms with Crippen molar-refractivity contribution in [2.45, 2.75) is 24.3 Å². The van der Waals surface area contributed by atoms with Gasteiger partial charge in [0.1, 0.15) is 5.82 Å². The first-order valence-electron chi connectivity index (χ1n) is 9.51.